The van der Waals surface area contributed by atoms with Gasteiger partial charge in [-0.2, -0.15) is 0 Å². The number of amides is 1. The van der Waals surface area contributed by atoms with Crippen molar-refractivity contribution in [3.05, 3.63) is 54.6 Å². The summed E-state index contributed by atoms with van der Waals surface area (Å²) in [5.41, 5.74) is 3.12. The maximum atomic E-state index is 11.7. The Hall–Kier alpha value is -2.29. The van der Waals surface area contributed by atoms with E-state index < -0.39 is 0 Å². The van der Waals surface area contributed by atoms with Gasteiger partial charge < -0.3 is 10.2 Å². The zero-order valence-electron chi connectivity index (χ0n) is 12.8. The van der Waals surface area contributed by atoms with Crippen LogP contribution in [0.15, 0.2) is 54.6 Å². The third kappa shape index (κ3) is 3.85. The SMILES string of the molecule is CCN(c1ccccc1)c1ccc(NC(=O)C(C)C)cc1. The molecule has 0 aliphatic rings. The second-order valence-corrected chi connectivity index (χ2v) is 5.27. The van der Waals surface area contributed by atoms with Gasteiger partial charge >= 0.3 is 0 Å². The lowest BCUT2D eigenvalue weighted by molar-refractivity contribution is -0.118. The molecular formula is C18H22N2O. The van der Waals surface area contributed by atoms with Crippen LogP contribution in [0.3, 0.4) is 0 Å². The van der Waals surface area contributed by atoms with Crippen molar-refractivity contribution in [1.29, 1.82) is 0 Å². The number of carbonyl (C=O) groups excluding carboxylic acids is 1. The van der Waals surface area contributed by atoms with Crippen molar-refractivity contribution in [2.75, 3.05) is 16.8 Å². The van der Waals surface area contributed by atoms with E-state index in [4.69, 9.17) is 0 Å². The van der Waals surface area contributed by atoms with E-state index in [1.54, 1.807) is 0 Å². The van der Waals surface area contributed by atoms with Gasteiger partial charge in [-0.05, 0) is 43.3 Å². The smallest absolute Gasteiger partial charge is 0.226 e. The Bertz CT molecular complexity index is 576. The fourth-order valence-electron chi connectivity index (χ4n) is 2.13. The zero-order valence-corrected chi connectivity index (χ0v) is 12.8. The van der Waals surface area contributed by atoms with Crippen molar-refractivity contribution >= 4 is 23.0 Å². The minimum absolute atomic E-state index is 0.0128. The molecule has 0 aromatic heterocycles. The molecule has 0 unspecified atom stereocenters. The molecular weight excluding hydrogens is 260 g/mol. The minimum Gasteiger partial charge on any atom is -0.342 e. The number of benzene rings is 2. The predicted octanol–water partition coefficient (Wildman–Crippen LogP) is 4.44. The molecule has 0 spiro atoms. The molecule has 2 aromatic rings. The molecule has 1 amide bonds. The van der Waals surface area contributed by atoms with E-state index in [1.807, 2.05) is 56.3 Å². The summed E-state index contributed by atoms with van der Waals surface area (Å²) in [5, 5.41) is 2.91. The van der Waals surface area contributed by atoms with E-state index in [0.717, 1.165) is 17.9 Å². The van der Waals surface area contributed by atoms with Gasteiger partial charge in [-0.25, -0.2) is 0 Å². The van der Waals surface area contributed by atoms with Crippen LogP contribution in [-0.4, -0.2) is 12.5 Å². The van der Waals surface area contributed by atoms with Crippen LogP contribution in [-0.2, 0) is 4.79 Å². The first-order chi connectivity index (χ1) is 10.1. The van der Waals surface area contributed by atoms with Crippen molar-refractivity contribution in [2.24, 2.45) is 5.92 Å². The summed E-state index contributed by atoms with van der Waals surface area (Å²) in [6.45, 7) is 6.79. The summed E-state index contributed by atoms with van der Waals surface area (Å²) < 4.78 is 0. The number of hydrogen-bond acceptors (Lipinski definition) is 2. The van der Waals surface area contributed by atoms with Crippen LogP contribution in [0, 0.1) is 5.92 Å². The van der Waals surface area contributed by atoms with E-state index in [9.17, 15) is 4.79 Å². The quantitative estimate of drug-likeness (QED) is 0.879. The average molecular weight is 282 g/mol. The molecule has 21 heavy (non-hydrogen) atoms. The number of hydrogen-bond donors (Lipinski definition) is 1. The lowest BCUT2D eigenvalue weighted by atomic mass is 10.2. The first-order valence-corrected chi connectivity index (χ1v) is 7.35. The Balaban J connectivity index is 2.16. The third-order valence-corrected chi connectivity index (χ3v) is 3.35. The van der Waals surface area contributed by atoms with Gasteiger partial charge in [-0.3, -0.25) is 4.79 Å². The Morgan fingerprint density at radius 1 is 1.00 bits per heavy atom. The van der Waals surface area contributed by atoms with Crippen LogP contribution in [0.5, 0.6) is 0 Å². The lowest BCUT2D eigenvalue weighted by Gasteiger charge is -2.23. The molecule has 0 saturated heterocycles. The van der Waals surface area contributed by atoms with Crippen LogP contribution in [0.25, 0.3) is 0 Å². The van der Waals surface area contributed by atoms with E-state index >= 15 is 0 Å². The van der Waals surface area contributed by atoms with Crippen LogP contribution in [0.2, 0.25) is 0 Å². The Labute approximate surface area is 126 Å². The van der Waals surface area contributed by atoms with Crippen LogP contribution in [0.4, 0.5) is 17.1 Å². The number of carbonyl (C=O) groups is 1. The lowest BCUT2D eigenvalue weighted by Crippen LogP contribution is -2.18. The number of nitrogens with zero attached hydrogens (tertiary/aromatic N) is 1. The third-order valence-electron chi connectivity index (χ3n) is 3.35. The van der Waals surface area contributed by atoms with Gasteiger partial charge in [-0.1, -0.05) is 32.0 Å². The van der Waals surface area contributed by atoms with Crippen molar-refractivity contribution in [1.82, 2.24) is 0 Å². The summed E-state index contributed by atoms with van der Waals surface area (Å²) >= 11 is 0. The number of rotatable bonds is 5. The molecule has 0 aliphatic carbocycles. The zero-order chi connectivity index (χ0) is 15.2. The van der Waals surface area contributed by atoms with Crippen LogP contribution in [0.1, 0.15) is 20.8 Å². The largest absolute Gasteiger partial charge is 0.342 e. The summed E-state index contributed by atoms with van der Waals surface area (Å²) in [4.78, 5) is 13.9. The van der Waals surface area contributed by atoms with Gasteiger partial charge in [0.15, 0.2) is 0 Å². The van der Waals surface area contributed by atoms with Crippen molar-refractivity contribution < 1.29 is 4.79 Å². The van der Waals surface area contributed by atoms with E-state index in [-0.39, 0.29) is 11.8 Å². The van der Waals surface area contributed by atoms with E-state index in [0.29, 0.717) is 0 Å². The second-order valence-electron chi connectivity index (χ2n) is 5.27. The summed E-state index contributed by atoms with van der Waals surface area (Å²) in [6, 6.07) is 18.2. The molecule has 2 aromatic carbocycles. The van der Waals surface area contributed by atoms with Gasteiger partial charge in [0.2, 0.25) is 5.91 Å². The Morgan fingerprint density at radius 2 is 1.57 bits per heavy atom. The molecule has 0 atom stereocenters. The molecule has 0 fully saturated rings. The van der Waals surface area contributed by atoms with Crippen LogP contribution >= 0.6 is 0 Å². The first kappa shape index (κ1) is 15.1. The predicted molar refractivity (Wildman–Crippen MR) is 89.0 cm³/mol. The standard InChI is InChI=1S/C18H22N2O/c1-4-20(16-8-6-5-7-9-16)17-12-10-15(11-13-17)19-18(21)14(2)3/h5-14H,4H2,1-3H3,(H,19,21). The molecule has 0 heterocycles. The van der Waals surface area contributed by atoms with E-state index in [2.05, 4.69) is 29.3 Å². The molecule has 0 bridgehead atoms. The minimum atomic E-state index is -0.0128. The number of anilines is 3. The molecule has 1 N–H and O–H groups in total. The van der Waals surface area contributed by atoms with Gasteiger partial charge in [0.1, 0.15) is 0 Å². The average Bonchev–Trinajstić information content (AvgIpc) is 2.50. The normalized spacial score (nSPS) is 10.5. The molecule has 110 valence electrons. The highest BCUT2D eigenvalue weighted by molar-refractivity contribution is 5.92. The second kappa shape index (κ2) is 6.93. The molecule has 3 nitrogen and oxygen atoms in total. The first-order valence-electron chi connectivity index (χ1n) is 7.35. The highest BCUT2D eigenvalue weighted by Crippen LogP contribution is 2.26. The maximum Gasteiger partial charge on any atom is 0.226 e. The maximum absolute atomic E-state index is 11.7. The highest BCUT2D eigenvalue weighted by Gasteiger charge is 2.09. The summed E-state index contributed by atoms with van der Waals surface area (Å²) in [6.07, 6.45) is 0. The number of para-hydroxylation sites is 1. The molecule has 3 heteroatoms. The van der Waals surface area contributed by atoms with Gasteiger partial charge in [0, 0.05) is 29.5 Å². The molecule has 0 saturated carbocycles. The monoisotopic (exact) mass is 282 g/mol. The van der Waals surface area contributed by atoms with Crippen molar-refractivity contribution in [2.45, 2.75) is 20.8 Å². The topological polar surface area (TPSA) is 32.3 Å². The Morgan fingerprint density at radius 3 is 2.10 bits per heavy atom. The highest BCUT2D eigenvalue weighted by atomic mass is 16.1. The van der Waals surface area contributed by atoms with Crippen molar-refractivity contribution in [3.8, 4) is 0 Å². The van der Waals surface area contributed by atoms with Gasteiger partial charge in [0.25, 0.3) is 0 Å². The van der Waals surface area contributed by atoms with E-state index in [1.165, 1.54) is 5.69 Å². The summed E-state index contributed by atoms with van der Waals surface area (Å²) in [7, 11) is 0. The Kier molecular flexibility index (Phi) is 4.99. The fourth-order valence-corrected chi connectivity index (χ4v) is 2.13. The molecule has 0 radical (unpaired) electrons. The molecule has 2 rings (SSSR count). The van der Waals surface area contributed by atoms with Crippen molar-refractivity contribution in [3.63, 3.8) is 0 Å². The summed E-state index contributed by atoms with van der Waals surface area (Å²) in [5.74, 6) is 0.0271. The van der Waals surface area contributed by atoms with Gasteiger partial charge in [-0.15, -0.1) is 0 Å². The molecule has 0 aliphatic heterocycles. The van der Waals surface area contributed by atoms with Gasteiger partial charge in [0.05, 0.1) is 0 Å². The number of nitrogens with one attached hydrogen (secondary N) is 1. The fraction of sp³-hybridized carbons (Fsp3) is 0.278. The van der Waals surface area contributed by atoms with Crippen LogP contribution < -0.4 is 10.2 Å².